The van der Waals surface area contributed by atoms with Gasteiger partial charge in [-0.3, -0.25) is 4.90 Å². The van der Waals surface area contributed by atoms with E-state index in [-0.39, 0.29) is 0 Å². The third-order valence-corrected chi connectivity index (χ3v) is 3.06. The van der Waals surface area contributed by atoms with Gasteiger partial charge in [-0.2, -0.15) is 0 Å². The summed E-state index contributed by atoms with van der Waals surface area (Å²) in [6.07, 6.45) is 4.19. The molecule has 0 amide bonds. The van der Waals surface area contributed by atoms with E-state index in [2.05, 4.69) is 38.0 Å². The molecule has 1 N–H and O–H groups in total. The third kappa shape index (κ3) is 4.43. The Morgan fingerprint density at radius 1 is 1.29 bits per heavy atom. The maximum atomic E-state index is 3.32. The molecule has 0 heterocycles. The molecule has 0 spiro atoms. The number of rotatable bonds is 7. The van der Waals surface area contributed by atoms with Crippen LogP contribution in [0.5, 0.6) is 0 Å². The SMILES string of the molecule is CNC(C)CN(CCC(C)C)C1CC1. The van der Waals surface area contributed by atoms with Crippen molar-refractivity contribution in [3.63, 3.8) is 0 Å². The summed E-state index contributed by atoms with van der Waals surface area (Å²) in [6.45, 7) is 9.39. The van der Waals surface area contributed by atoms with Crippen molar-refractivity contribution in [2.24, 2.45) is 5.92 Å². The van der Waals surface area contributed by atoms with Gasteiger partial charge in [-0.05, 0) is 45.7 Å². The minimum absolute atomic E-state index is 0.628. The van der Waals surface area contributed by atoms with Crippen LogP contribution in [0.3, 0.4) is 0 Å². The van der Waals surface area contributed by atoms with Gasteiger partial charge in [-0.1, -0.05) is 13.8 Å². The molecule has 0 bridgehead atoms. The molecule has 1 rings (SSSR count). The van der Waals surface area contributed by atoms with E-state index in [9.17, 15) is 0 Å². The van der Waals surface area contributed by atoms with E-state index in [4.69, 9.17) is 0 Å². The average molecular weight is 198 g/mol. The standard InChI is InChI=1S/C12H26N2/c1-10(2)7-8-14(12-5-6-12)9-11(3)13-4/h10-13H,5-9H2,1-4H3. The molecule has 0 radical (unpaired) electrons. The molecule has 0 aromatic rings. The van der Waals surface area contributed by atoms with Crippen LogP contribution in [0.15, 0.2) is 0 Å². The van der Waals surface area contributed by atoms with E-state index in [1.165, 1.54) is 32.4 Å². The molecule has 0 aromatic heterocycles. The van der Waals surface area contributed by atoms with Crippen LogP contribution in [-0.2, 0) is 0 Å². The average Bonchev–Trinajstić information content (AvgIpc) is 2.94. The highest BCUT2D eigenvalue weighted by Gasteiger charge is 2.29. The van der Waals surface area contributed by atoms with E-state index < -0.39 is 0 Å². The zero-order valence-electron chi connectivity index (χ0n) is 10.2. The summed E-state index contributed by atoms with van der Waals surface area (Å²) in [6, 6.07) is 1.53. The number of hydrogen-bond acceptors (Lipinski definition) is 2. The van der Waals surface area contributed by atoms with Crippen molar-refractivity contribution >= 4 is 0 Å². The van der Waals surface area contributed by atoms with E-state index in [0.717, 1.165) is 12.0 Å². The van der Waals surface area contributed by atoms with Crippen LogP contribution in [0, 0.1) is 5.92 Å². The Balaban J connectivity index is 2.24. The Hall–Kier alpha value is -0.0800. The lowest BCUT2D eigenvalue weighted by atomic mass is 10.1. The lowest BCUT2D eigenvalue weighted by Gasteiger charge is -2.26. The van der Waals surface area contributed by atoms with Crippen molar-refractivity contribution in [2.45, 2.75) is 52.1 Å². The Kier molecular flexibility index (Phi) is 4.90. The van der Waals surface area contributed by atoms with Crippen LogP contribution in [0.4, 0.5) is 0 Å². The second-order valence-corrected chi connectivity index (χ2v) is 5.10. The van der Waals surface area contributed by atoms with Crippen molar-refractivity contribution in [3.05, 3.63) is 0 Å². The van der Waals surface area contributed by atoms with E-state index in [1.807, 2.05) is 0 Å². The highest BCUT2D eigenvalue weighted by Crippen LogP contribution is 2.27. The molecule has 1 fully saturated rings. The van der Waals surface area contributed by atoms with Gasteiger partial charge >= 0.3 is 0 Å². The Morgan fingerprint density at radius 2 is 1.93 bits per heavy atom. The minimum atomic E-state index is 0.628. The highest BCUT2D eigenvalue weighted by molar-refractivity contribution is 4.86. The zero-order chi connectivity index (χ0) is 10.6. The summed E-state index contributed by atoms with van der Waals surface area (Å²) < 4.78 is 0. The van der Waals surface area contributed by atoms with Gasteiger partial charge in [-0.15, -0.1) is 0 Å². The normalized spacial score (nSPS) is 19.3. The van der Waals surface area contributed by atoms with Gasteiger partial charge in [-0.25, -0.2) is 0 Å². The molecule has 0 aliphatic heterocycles. The fraction of sp³-hybridized carbons (Fsp3) is 1.00. The molecule has 0 saturated heterocycles. The molecule has 1 unspecified atom stereocenters. The first-order chi connectivity index (χ1) is 6.63. The van der Waals surface area contributed by atoms with Gasteiger partial charge < -0.3 is 5.32 Å². The van der Waals surface area contributed by atoms with Crippen molar-refractivity contribution < 1.29 is 0 Å². The number of likely N-dealkylation sites (N-methyl/N-ethyl adjacent to an activating group) is 1. The molecule has 0 aromatic carbocycles. The lowest BCUT2D eigenvalue weighted by Crippen LogP contribution is -2.39. The molecular formula is C12H26N2. The van der Waals surface area contributed by atoms with Crippen LogP contribution in [0.2, 0.25) is 0 Å². The van der Waals surface area contributed by atoms with Crippen LogP contribution in [0.25, 0.3) is 0 Å². The van der Waals surface area contributed by atoms with E-state index >= 15 is 0 Å². The molecule has 84 valence electrons. The fourth-order valence-electron chi connectivity index (χ4n) is 1.73. The Bertz CT molecular complexity index is 152. The van der Waals surface area contributed by atoms with Crippen LogP contribution in [-0.4, -0.2) is 37.1 Å². The summed E-state index contributed by atoms with van der Waals surface area (Å²) in [5.41, 5.74) is 0. The first-order valence-electron chi connectivity index (χ1n) is 6.04. The number of nitrogens with one attached hydrogen (secondary N) is 1. The second-order valence-electron chi connectivity index (χ2n) is 5.10. The number of nitrogens with zero attached hydrogens (tertiary/aromatic N) is 1. The van der Waals surface area contributed by atoms with E-state index in [0.29, 0.717) is 6.04 Å². The molecule has 1 saturated carbocycles. The molecule has 1 atom stereocenters. The molecule has 14 heavy (non-hydrogen) atoms. The maximum absolute atomic E-state index is 3.32. The van der Waals surface area contributed by atoms with E-state index in [1.54, 1.807) is 0 Å². The fourth-order valence-corrected chi connectivity index (χ4v) is 1.73. The minimum Gasteiger partial charge on any atom is -0.316 e. The predicted octanol–water partition coefficient (Wildman–Crippen LogP) is 2.10. The predicted molar refractivity (Wildman–Crippen MR) is 62.6 cm³/mol. The third-order valence-electron chi connectivity index (χ3n) is 3.06. The number of hydrogen-bond donors (Lipinski definition) is 1. The zero-order valence-corrected chi connectivity index (χ0v) is 10.2. The van der Waals surface area contributed by atoms with Gasteiger partial charge in [0.2, 0.25) is 0 Å². The lowest BCUT2D eigenvalue weighted by molar-refractivity contribution is 0.228. The van der Waals surface area contributed by atoms with Crippen LogP contribution >= 0.6 is 0 Å². The maximum Gasteiger partial charge on any atom is 0.0163 e. The van der Waals surface area contributed by atoms with Gasteiger partial charge in [0.15, 0.2) is 0 Å². The molecule has 2 heteroatoms. The van der Waals surface area contributed by atoms with Crippen molar-refractivity contribution in [1.29, 1.82) is 0 Å². The van der Waals surface area contributed by atoms with Gasteiger partial charge in [0.05, 0.1) is 0 Å². The highest BCUT2D eigenvalue weighted by atomic mass is 15.2. The second kappa shape index (κ2) is 5.72. The van der Waals surface area contributed by atoms with Gasteiger partial charge in [0.1, 0.15) is 0 Å². The smallest absolute Gasteiger partial charge is 0.0163 e. The van der Waals surface area contributed by atoms with Gasteiger partial charge in [0.25, 0.3) is 0 Å². The topological polar surface area (TPSA) is 15.3 Å². The summed E-state index contributed by atoms with van der Waals surface area (Å²) in [7, 11) is 2.05. The summed E-state index contributed by atoms with van der Waals surface area (Å²) >= 11 is 0. The quantitative estimate of drug-likeness (QED) is 0.674. The Morgan fingerprint density at radius 3 is 2.36 bits per heavy atom. The van der Waals surface area contributed by atoms with Crippen LogP contribution in [0.1, 0.15) is 40.0 Å². The first kappa shape index (κ1) is 12.0. The molecule has 1 aliphatic rings. The van der Waals surface area contributed by atoms with Crippen molar-refractivity contribution in [1.82, 2.24) is 10.2 Å². The largest absolute Gasteiger partial charge is 0.316 e. The van der Waals surface area contributed by atoms with Crippen LogP contribution < -0.4 is 5.32 Å². The first-order valence-corrected chi connectivity index (χ1v) is 6.04. The summed E-state index contributed by atoms with van der Waals surface area (Å²) in [4.78, 5) is 2.67. The van der Waals surface area contributed by atoms with Gasteiger partial charge in [0, 0.05) is 18.6 Å². The molecule has 2 nitrogen and oxygen atoms in total. The monoisotopic (exact) mass is 198 g/mol. The van der Waals surface area contributed by atoms with Crippen molar-refractivity contribution in [3.8, 4) is 0 Å². The summed E-state index contributed by atoms with van der Waals surface area (Å²) in [5.74, 6) is 0.834. The molecular weight excluding hydrogens is 172 g/mol. The Labute approximate surface area is 89.1 Å². The van der Waals surface area contributed by atoms with Crippen molar-refractivity contribution in [2.75, 3.05) is 20.1 Å². The summed E-state index contributed by atoms with van der Waals surface area (Å²) in [5, 5.41) is 3.32. The molecule has 1 aliphatic carbocycles.